The third-order valence-electron chi connectivity index (χ3n) is 2.46. The van der Waals surface area contributed by atoms with Gasteiger partial charge in [-0.3, -0.25) is 10.1 Å². The summed E-state index contributed by atoms with van der Waals surface area (Å²) in [6.45, 7) is 6.49. The third-order valence-corrected chi connectivity index (χ3v) is 4.21. The topological polar surface area (TPSA) is 74.9 Å². The van der Waals surface area contributed by atoms with Crippen molar-refractivity contribution in [3.8, 4) is 0 Å². The van der Waals surface area contributed by atoms with Crippen LogP contribution < -0.4 is 10.7 Å². The molecule has 1 aromatic rings. The van der Waals surface area contributed by atoms with Crippen LogP contribution in [-0.4, -0.2) is 37.8 Å². The predicted molar refractivity (Wildman–Crippen MR) is 69.5 cm³/mol. The molecule has 3 amide bonds. The van der Waals surface area contributed by atoms with E-state index in [0.29, 0.717) is 5.76 Å². The van der Waals surface area contributed by atoms with E-state index in [9.17, 15) is 9.59 Å². The van der Waals surface area contributed by atoms with Gasteiger partial charge in [-0.15, -0.1) is 0 Å². The molecule has 0 atom stereocenters. The fourth-order valence-electron chi connectivity index (χ4n) is 1.48. The first-order valence-corrected chi connectivity index (χ1v) is 9.12. The van der Waals surface area contributed by atoms with Crippen LogP contribution in [0.3, 0.4) is 0 Å². The van der Waals surface area contributed by atoms with E-state index >= 15 is 0 Å². The van der Waals surface area contributed by atoms with Gasteiger partial charge in [0.1, 0.15) is 20.4 Å². The summed E-state index contributed by atoms with van der Waals surface area (Å²) in [6, 6.07) is 3.24. The van der Waals surface area contributed by atoms with Crippen molar-refractivity contribution in [3.63, 3.8) is 0 Å². The molecule has 1 aliphatic heterocycles. The van der Waals surface area contributed by atoms with Gasteiger partial charge < -0.3 is 4.42 Å². The Balaban J connectivity index is 2.08. The highest BCUT2D eigenvalue weighted by molar-refractivity contribution is 6.87. The SMILES string of the molecule is C[Si](C)(C)c1ccc(C=NN2CC(=O)NC2=O)o1. The number of carbonyl (C=O) groups excluding carboxylic acids is 2. The van der Waals surface area contributed by atoms with Crippen LogP contribution in [0.2, 0.25) is 19.6 Å². The summed E-state index contributed by atoms with van der Waals surface area (Å²) in [5.41, 5.74) is 0. The zero-order chi connectivity index (χ0) is 13.3. The Kier molecular flexibility index (Phi) is 3.08. The van der Waals surface area contributed by atoms with Gasteiger partial charge in [0.15, 0.2) is 0 Å². The molecule has 0 saturated carbocycles. The first kappa shape index (κ1) is 12.6. The summed E-state index contributed by atoms with van der Waals surface area (Å²) < 4.78 is 5.64. The van der Waals surface area contributed by atoms with E-state index in [2.05, 4.69) is 30.1 Å². The lowest BCUT2D eigenvalue weighted by Gasteiger charge is -2.10. The van der Waals surface area contributed by atoms with Crippen LogP contribution in [-0.2, 0) is 4.79 Å². The Hall–Kier alpha value is -1.89. The minimum absolute atomic E-state index is 0.0447. The Labute approximate surface area is 106 Å². The molecular weight excluding hydrogens is 250 g/mol. The highest BCUT2D eigenvalue weighted by atomic mass is 28.3. The molecule has 1 aliphatic rings. The number of hydrogen-bond donors (Lipinski definition) is 1. The highest BCUT2D eigenvalue weighted by Gasteiger charge is 2.26. The second-order valence-electron chi connectivity index (χ2n) is 5.11. The minimum atomic E-state index is -1.47. The van der Waals surface area contributed by atoms with Gasteiger partial charge in [0.25, 0.3) is 0 Å². The van der Waals surface area contributed by atoms with Crippen LogP contribution >= 0.6 is 0 Å². The summed E-state index contributed by atoms with van der Waals surface area (Å²) >= 11 is 0. The molecule has 0 spiro atoms. The van der Waals surface area contributed by atoms with E-state index in [1.807, 2.05) is 12.1 Å². The Morgan fingerprint density at radius 2 is 2.11 bits per heavy atom. The van der Waals surface area contributed by atoms with E-state index in [1.54, 1.807) is 0 Å². The fraction of sp³-hybridized carbons (Fsp3) is 0.364. The molecule has 0 aromatic carbocycles. The van der Waals surface area contributed by atoms with Crippen molar-refractivity contribution >= 4 is 31.6 Å². The molecule has 18 heavy (non-hydrogen) atoms. The maximum Gasteiger partial charge on any atom is 0.344 e. The summed E-state index contributed by atoms with van der Waals surface area (Å²) in [7, 11) is -1.47. The van der Waals surface area contributed by atoms with Crippen molar-refractivity contribution < 1.29 is 14.0 Å². The van der Waals surface area contributed by atoms with Crippen molar-refractivity contribution in [2.75, 3.05) is 6.54 Å². The normalized spacial score (nSPS) is 16.7. The van der Waals surface area contributed by atoms with Gasteiger partial charge in [0, 0.05) is 0 Å². The van der Waals surface area contributed by atoms with Crippen LogP contribution in [0.15, 0.2) is 21.7 Å². The first-order valence-electron chi connectivity index (χ1n) is 5.62. The number of hydrogen-bond acceptors (Lipinski definition) is 4. The van der Waals surface area contributed by atoms with Crippen LogP contribution in [0.1, 0.15) is 5.76 Å². The smallest absolute Gasteiger partial charge is 0.344 e. The van der Waals surface area contributed by atoms with Gasteiger partial charge in [-0.05, 0) is 12.1 Å². The maximum absolute atomic E-state index is 11.2. The molecule has 2 heterocycles. The molecule has 6 nitrogen and oxygen atoms in total. The van der Waals surface area contributed by atoms with E-state index in [-0.39, 0.29) is 12.5 Å². The lowest BCUT2D eigenvalue weighted by Crippen LogP contribution is -2.36. The predicted octanol–water partition coefficient (Wildman–Crippen LogP) is 0.710. The van der Waals surface area contributed by atoms with E-state index in [0.717, 1.165) is 10.4 Å². The second-order valence-corrected chi connectivity index (χ2v) is 10.1. The quantitative estimate of drug-likeness (QED) is 0.497. The van der Waals surface area contributed by atoms with Crippen molar-refractivity contribution in [2.45, 2.75) is 19.6 Å². The fourth-order valence-corrected chi connectivity index (χ4v) is 2.48. The van der Waals surface area contributed by atoms with Crippen LogP contribution in [0.5, 0.6) is 0 Å². The third kappa shape index (κ3) is 2.67. The lowest BCUT2D eigenvalue weighted by molar-refractivity contribution is -0.118. The largest absolute Gasteiger partial charge is 0.465 e. The first-order chi connectivity index (χ1) is 8.36. The Morgan fingerprint density at radius 1 is 1.39 bits per heavy atom. The average molecular weight is 265 g/mol. The Bertz CT molecular complexity index is 516. The number of hydrazone groups is 1. The monoisotopic (exact) mass is 265 g/mol. The second kappa shape index (κ2) is 4.41. The molecule has 0 radical (unpaired) electrons. The zero-order valence-electron chi connectivity index (χ0n) is 10.6. The van der Waals surface area contributed by atoms with E-state index in [1.165, 1.54) is 6.21 Å². The number of imide groups is 1. The van der Waals surface area contributed by atoms with Gasteiger partial charge in [-0.2, -0.15) is 5.10 Å². The molecular formula is C11H15N3O3Si. The van der Waals surface area contributed by atoms with Crippen LogP contribution in [0, 0.1) is 0 Å². The van der Waals surface area contributed by atoms with Gasteiger partial charge in [0.2, 0.25) is 5.91 Å². The zero-order valence-corrected chi connectivity index (χ0v) is 11.6. The average Bonchev–Trinajstić information content (AvgIpc) is 2.81. The van der Waals surface area contributed by atoms with Crippen molar-refractivity contribution in [1.82, 2.24) is 10.3 Å². The summed E-state index contributed by atoms with van der Waals surface area (Å²) in [5.74, 6) is 0.235. The molecule has 1 aromatic heterocycles. The molecule has 1 N–H and O–H groups in total. The Morgan fingerprint density at radius 3 is 2.61 bits per heavy atom. The number of rotatable bonds is 3. The summed E-state index contributed by atoms with van der Waals surface area (Å²) in [5, 5.41) is 8.11. The molecule has 96 valence electrons. The van der Waals surface area contributed by atoms with Gasteiger partial charge in [-0.1, -0.05) is 19.6 Å². The molecule has 1 saturated heterocycles. The number of furan rings is 1. The molecule has 7 heteroatoms. The molecule has 0 unspecified atom stereocenters. The van der Waals surface area contributed by atoms with E-state index < -0.39 is 14.1 Å². The number of nitrogens with zero attached hydrogens (tertiary/aromatic N) is 2. The summed E-state index contributed by atoms with van der Waals surface area (Å²) in [6.07, 6.45) is 1.45. The molecule has 0 bridgehead atoms. The molecule has 1 fully saturated rings. The van der Waals surface area contributed by atoms with Gasteiger partial charge >= 0.3 is 6.03 Å². The van der Waals surface area contributed by atoms with Gasteiger partial charge in [0.05, 0.1) is 11.6 Å². The highest BCUT2D eigenvalue weighted by Crippen LogP contribution is 2.06. The molecule has 0 aliphatic carbocycles. The van der Waals surface area contributed by atoms with Crippen molar-refractivity contribution in [1.29, 1.82) is 0 Å². The van der Waals surface area contributed by atoms with E-state index in [4.69, 9.17) is 4.42 Å². The van der Waals surface area contributed by atoms with Crippen molar-refractivity contribution in [2.24, 2.45) is 5.10 Å². The van der Waals surface area contributed by atoms with Crippen LogP contribution in [0.25, 0.3) is 0 Å². The van der Waals surface area contributed by atoms with Crippen molar-refractivity contribution in [3.05, 3.63) is 17.9 Å². The number of carbonyl (C=O) groups is 2. The molecule has 2 rings (SSSR count). The van der Waals surface area contributed by atoms with Gasteiger partial charge in [-0.25, -0.2) is 9.80 Å². The van der Waals surface area contributed by atoms with Crippen LogP contribution in [0.4, 0.5) is 4.79 Å². The summed E-state index contributed by atoms with van der Waals surface area (Å²) in [4.78, 5) is 22.2. The number of nitrogens with one attached hydrogen (secondary N) is 1. The number of urea groups is 1. The maximum atomic E-state index is 11.2. The number of amides is 3. The standard InChI is InChI=1S/C11H15N3O3Si/c1-18(2,3)10-5-4-8(17-10)6-12-14-7-9(15)13-11(14)16/h4-6H,7H2,1-3H3,(H,13,15,16). The lowest BCUT2D eigenvalue weighted by atomic mass is 10.5. The minimum Gasteiger partial charge on any atom is -0.465 e.